The number of benzene rings is 2. The molecular formula is C18H12N6O3. The summed E-state index contributed by atoms with van der Waals surface area (Å²) in [5.41, 5.74) is 1.66. The van der Waals surface area contributed by atoms with E-state index in [0.29, 0.717) is 5.78 Å². The summed E-state index contributed by atoms with van der Waals surface area (Å²) < 4.78 is 1.53. The van der Waals surface area contributed by atoms with Crippen LogP contribution in [0.5, 0.6) is 0 Å². The van der Waals surface area contributed by atoms with E-state index < -0.39 is 10.8 Å². The van der Waals surface area contributed by atoms with Crippen molar-refractivity contribution in [2.45, 2.75) is 0 Å². The van der Waals surface area contributed by atoms with Crippen LogP contribution in [0.1, 0.15) is 10.4 Å². The van der Waals surface area contributed by atoms with E-state index in [1.54, 1.807) is 12.3 Å². The van der Waals surface area contributed by atoms with Gasteiger partial charge in [-0.1, -0.05) is 36.4 Å². The number of nitro groups is 1. The fourth-order valence-corrected chi connectivity index (χ4v) is 2.61. The molecule has 0 saturated heterocycles. The van der Waals surface area contributed by atoms with Gasteiger partial charge in [0.1, 0.15) is 0 Å². The Hall–Kier alpha value is -4.14. The summed E-state index contributed by atoms with van der Waals surface area (Å²) in [4.78, 5) is 31.0. The van der Waals surface area contributed by atoms with E-state index in [9.17, 15) is 14.9 Å². The van der Waals surface area contributed by atoms with Gasteiger partial charge in [-0.3, -0.25) is 20.2 Å². The van der Waals surface area contributed by atoms with E-state index in [1.165, 1.54) is 28.8 Å². The van der Waals surface area contributed by atoms with Gasteiger partial charge in [-0.2, -0.15) is 9.50 Å². The van der Waals surface area contributed by atoms with E-state index in [1.807, 2.05) is 30.3 Å². The lowest BCUT2D eigenvalue weighted by molar-refractivity contribution is -0.384. The van der Waals surface area contributed by atoms with E-state index >= 15 is 0 Å². The molecule has 0 aliphatic carbocycles. The van der Waals surface area contributed by atoms with Gasteiger partial charge in [0.2, 0.25) is 0 Å². The van der Waals surface area contributed by atoms with Crippen molar-refractivity contribution < 1.29 is 9.72 Å². The third kappa shape index (κ3) is 3.21. The zero-order valence-corrected chi connectivity index (χ0v) is 13.8. The quantitative estimate of drug-likeness (QED) is 0.442. The van der Waals surface area contributed by atoms with E-state index in [2.05, 4.69) is 20.4 Å². The summed E-state index contributed by atoms with van der Waals surface area (Å²) in [6.07, 6.45) is 1.61. The first kappa shape index (κ1) is 16.3. The fourth-order valence-electron chi connectivity index (χ4n) is 2.61. The first-order valence-corrected chi connectivity index (χ1v) is 7.95. The van der Waals surface area contributed by atoms with Crippen molar-refractivity contribution in [3.05, 3.63) is 82.5 Å². The number of rotatable bonds is 4. The van der Waals surface area contributed by atoms with Gasteiger partial charge in [-0.05, 0) is 12.1 Å². The molecule has 2 aromatic carbocycles. The minimum Gasteiger partial charge on any atom is -0.289 e. The maximum atomic E-state index is 12.4. The number of non-ortho nitro benzene ring substituents is 1. The molecule has 2 heterocycles. The predicted molar refractivity (Wildman–Crippen MR) is 97.3 cm³/mol. The highest BCUT2D eigenvalue weighted by Gasteiger charge is 2.15. The number of fused-ring (bicyclic) bond motifs is 1. The van der Waals surface area contributed by atoms with Crippen LogP contribution in [-0.2, 0) is 0 Å². The Morgan fingerprint density at radius 1 is 1.07 bits per heavy atom. The van der Waals surface area contributed by atoms with E-state index in [4.69, 9.17) is 0 Å². The Labute approximate surface area is 152 Å². The maximum absolute atomic E-state index is 12.4. The monoisotopic (exact) mass is 360 g/mol. The maximum Gasteiger partial charge on any atom is 0.270 e. The number of nitrogens with one attached hydrogen (secondary N) is 1. The molecule has 0 unspecified atom stereocenters. The van der Waals surface area contributed by atoms with Crippen molar-refractivity contribution in [1.82, 2.24) is 19.6 Å². The Balaban J connectivity index is 1.66. The number of anilines is 1. The molecular weight excluding hydrogens is 348 g/mol. The number of hydrogen-bond acceptors (Lipinski definition) is 6. The molecule has 0 saturated carbocycles. The molecule has 0 atom stereocenters. The van der Waals surface area contributed by atoms with Crippen LogP contribution in [0.2, 0.25) is 0 Å². The van der Waals surface area contributed by atoms with Crippen LogP contribution in [0, 0.1) is 10.1 Å². The number of nitrogens with zero attached hydrogens (tertiary/aromatic N) is 5. The van der Waals surface area contributed by atoms with Crippen LogP contribution in [0.15, 0.2) is 66.9 Å². The highest BCUT2D eigenvalue weighted by molar-refractivity contribution is 6.03. The molecule has 1 N–H and O–H groups in total. The molecule has 1 amide bonds. The summed E-state index contributed by atoms with van der Waals surface area (Å²) >= 11 is 0. The summed E-state index contributed by atoms with van der Waals surface area (Å²) in [6, 6.07) is 16.8. The molecule has 4 aromatic rings. The van der Waals surface area contributed by atoms with Crippen LogP contribution < -0.4 is 5.32 Å². The standard InChI is InChI=1S/C18H12N6O3/c25-16(13-7-4-8-14(11-13)24(26)27)20-17-21-18-19-10-9-15(23(18)22-17)12-5-2-1-3-6-12/h1-11H,(H,20,22,25). The Morgan fingerprint density at radius 2 is 1.89 bits per heavy atom. The number of hydrogen-bond donors (Lipinski definition) is 1. The summed E-state index contributed by atoms with van der Waals surface area (Å²) in [5, 5.41) is 17.7. The molecule has 0 radical (unpaired) electrons. The summed E-state index contributed by atoms with van der Waals surface area (Å²) in [5.74, 6) is -0.163. The van der Waals surface area contributed by atoms with Gasteiger partial charge in [-0.15, -0.1) is 5.10 Å². The first-order chi connectivity index (χ1) is 13.1. The van der Waals surface area contributed by atoms with Crippen LogP contribution in [0.25, 0.3) is 17.0 Å². The van der Waals surface area contributed by atoms with Crippen LogP contribution in [-0.4, -0.2) is 30.4 Å². The Kier molecular flexibility index (Phi) is 4.01. The second kappa shape index (κ2) is 6.64. The molecule has 9 heteroatoms. The van der Waals surface area contributed by atoms with Gasteiger partial charge in [0.15, 0.2) is 0 Å². The number of carbonyl (C=O) groups excluding carboxylic acids is 1. The zero-order valence-electron chi connectivity index (χ0n) is 13.8. The van der Waals surface area contributed by atoms with Crippen molar-refractivity contribution in [1.29, 1.82) is 0 Å². The Bertz CT molecular complexity index is 1160. The largest absolute Gasteiger partial charge is 0.289 e. The second-order valence-electron chi connectivity index (χ2n) is 5.60. The van der Waals surface area contributed by atoms with Gasteiger partial charge in [-0.25, -0.2) is 4.98 Å². The molecule has 132 valence electrons. The van der Waals surface area contributed by atoms with Crippen LogP contribution >= 0.6 is 0 Å². The SMILES string of the molecule is O=C(Nc1nc2nccc(-c3ccccc3)n2n1)c1cccc([N+](=O)[O-])c1. The number of nitro benzene ring substituents is 1. The minimum absolute atomic E-state index is 0.0578. The fraction of sp³-hybridized carbons (Fsp3) is 0. The van der Waals surface area contributed by atoms with Crippen molar-refractivity contribution >= 4 is 23.3 Å². The average molecular weight is 360 g/mol. The number of amides is 1. The van der Waals surface area contributed by atoms with Gasteiger partial charge in [0.25, 0.3) is 23.3 Å². The first-order valence-electron chi connectivity index (χ1n) is 7.95. The minimum atomic E-state index is -0.560. The molecule has 4 rings (SSSR count). The van der Waals surface area contributed by atoms with Gasteiger partial charge in [0, 0.05) is 29.5 Å². The number of aromatic nitrogens is 4. The predicted octanol–water partition coefficient (Wildman–Crippen LogP) is 2.95. The summed E-state index contributed by atoms with van der Waals surface area (Å²) in [7, 11) is 0. The third-order valence-corrected chi connectivity index (χ3v) is 3.85. The van der Waals surface area contributed by atoms with Gasteiger partial charge >= 0.3 is 0 Å². The lowest BCUT2D eigenvalue weighted by Crippen LogP contribution is -2.13. The molecule has 0 aliphatic rings. The molecule has 9 nitrogen and oxygen atoms in total. The van der Waals surface area contributed by atoms with E-state index in [-0.39, 0.29) is 17.2 Å². The Morgan fingerprint density at radius 3 is 2.67 bits per heavy atom. The van der Waals surface area contributed by atoms with E-state index in [0.717, 1.165) is 11.3 Å². The zero-order chi connectivity index (χ0) is 18.8. The van der Waals surface area contributed by atoms with Crippen molar-refractivity contribution in [2.24, 2.45) is 0 Å². The molecule has 0 fully saturated rings. The van der Waals surface area contributed by atoms with Gasteiger partial charge in [0.05, 0.1) is 10.6 Å². The molecule has 0 aliphatic heterocycles. The highest BCUT2D eigenvalue weighted by atomic mass is 16.6. The van der Waals surface area contributed by atoms with Crippen LogP contribution in [0.4, 0.5) is 11.6 Å². The van der Waals surface area contributed by atoms with Gasteiger partial charge < -0.3 is 0 Å². The summed E-state index contributed by atoms with van der Waals surface area (Å²) in [6.45, 7) is 0. The molecule has 0 bridgehead atoms. The average Bonchev–Trinajstić information content (AvgIpc) is 3.11. The lowest BCUT2D eigenvalue weighted by Gasteiger charge is -2.02. The molecule has 27 heavy (non-hydrogen) atoms. The second-order valence-corrected chi connectivity index (χ2v) is 5.60. The van der Waals surface area contributed by atoms with Crippen molar-refractivity contribution in [2.75, 3.05) is 5.32 Å². The van der Waals surface area contributed by atoms with Crippen LogP contribution in [0.3, 0.4) is 0 Å². The van der Waals surface area contributed by atoms with Crippen molar-refractivity contribution in [3.8, 4) is 11.3 Å². The topological polar surface area (TPSA) is 115 Å². The molecule has 2 aromatic heterocycles. The lowest BCUT2D eigenvalue weighted by atomic mass is 10.1. The normalized spacial score (nSPS) is 10.7. The third-order valence-electron chi connectivity index (χ3n) is 3.85. The van der Waals surface area contributed by atoms with Crippen molar-refractivity contribution in [3.63, 3.8) is 0 Å². The molecule has 0 spiro atoms. The highest BCUT2D eigenvalue weighted by Crippen LogP contribution is 2.20. The smallest absolute Gasteiger partial charge is 0.270 e. The number of carbonyl (C=O) groups is 1.